The molecule has 200 valence electrons. The van der Waals surface area contributed by atoms with Gasteiger partial charge in [0.25, 0.3) is 5.92 Å². The van der Waals surface area contributed by atoms with E-state index in [9.17, 15) is 8.78 Å². The third-order valence-corrected chi connectivity index (χ3v) is 7.78. The van der Waals surface area contributed by atoms with Crippen molar-refractivity contribution in [1.82, 2.24) is 39.9 Å². The van der Waals surface area contributed by atoms with Crippen LogP contribution in [0, 0.1) is 0 Å². The van der Waals surface area contributed by atoms with Gasteiger partial charge < -0.3 is 14.8 Å². The van der Waals surface area contributed by atoms with Crippen molar-refractivity contribution in [2.24, 2.45) is 0 Å². The number of anilines is 1. The lowest BCUT2D eigenvalue weighted by atomic mass is 10.1. The average molecular weight is 530 g/mol. The molecule has 0 atom stereocenters. The highest BCUT2D eigenvalue weighted by Crippen LogP contribution is 2.34. The Labute approximate surface area is 223 Å². The van der Waals surface area contributed by atoms with E-state index >= 15 is 0 Å². The van der Waals surface area contributed by atoms with Crippen LogP contribution in [0.5, 0.6) is 0 Å². The Morgan fingerprint density at radius 1 is 0.949 bits per heavy atom. The van der Waals surface area contributed by atoms with E-state index in [0.29, 0.717) is 18.7 Å². The second-order valence-electron chi connectivity index (χ2n) is 10.7. The second kappa shape index (κ2) is 9.35. The van der Waals surface area contributed by atoms with Gasteiger partial charge in [-0.05, 0) is 36.9 Å². The van der Waals surface area contributed by atoms with Crippen molar-refractivity contribution in [1.29, 1.82) is 0 Å². The molecule has 0 aliphatic carbocycles. The zero-order valence-corrected chi connectivity index (χ0v) is 21.7. The SMILES string of the molecule is CN1CCN(c2nccc3[nH]c(-c4n[nH]c5ncc(-c6cncc(CN7CCC(F)(F)C7)c6)cc45)cc23)CC1. The van der Waals surface area contributed by atoms with Gasteiger partial charge in [0.15, 0.2) is 5.65 Å². The number of fused-ring (bicyclic) bond motifs is 2. The minimum Gasteiger partial charge on any atom is -0.353 e. The molecule has 5 aromatic heterocycles. The third-order valence-electron chi connectivity index (χ3n) is 7.78. The number of likely N-dealkylation sites (tertiary alicyclic amines) is 1. The number of pyridine rings is 3. The fraction of sp³-hybridized carbons (Fsp3) is 0.357. The van der Waals surface area contributed by atoms with Crippen LogP contribution in [-0.4, -0.2) is 92.2 Å². The maximum absolute atomic E-state index is 13.7. The smallest absolute Gasteiger partial charge is 0.261 e. The molecule has 0 radical (unpaired) electrons. The summed E-state index contributed by atoms with van der Waals surface area (Å²) >= 11 is 0. The molecule has 2 fully saturated rings. The Hall–Kier alpha value is -3.96. The van der Waals surface area contributed by atoms with Crippen molar-refractivity contribution in [2.75, 3.05) is 51.2 Å². The van der Waals surface area contributed by atoms with Gasteiger partial charge in [0.2, 0.25) is 0 Å². The Balaban J connectivity index is 1.21. The van der Waals surface area contributed by atoms with Gasteiger partial charge in [-0.15, -0.1) is 0 Å². The van der Waals surface area contributed by atoms with Crippen molar-refractivity contribution >= 4 is 27.8 Å². The molecule has 2 N–H and O–H groups in total. The van der Waals surface area contributed by atoms with Crippen LogP contribution < -0.4 is 4.90 Å². The van der Waals surface area contributed by atoms with Crippen molar-refractivity contribution in [3.05, 3.63) is 54.6 Å². The summed E-state index contributed by atoms with van der Waals surface area (Å²) in [6.45, 7) is 4.52. The number of hydrogen-bond donors (Lipinski definition) is 2. The van der Waals surface area contributed by atoms with E-state index in [1.165, 1.54) is 0 Å². The quantitative estimate of drug-likeness (QED) is 0.353. The number of piperazine rings is 1. The van der Waals surface area contributed by atoms with Crippen LogP contribution in [0.25, 0.3) is 44.5 Å². The minimum atomic E-state index is -2.61. The summed E-state index contributed by atoms with van der Waals surface area (Å²) < 4.78 is 27.3. The molecule has 9 nitrogen and oxygen atoms in total. The summed E-state index contributed by atoms with van der Waals surface area (Å²) in [5.41, 5.74) is 6.05. The van der Waals surface area contributed by atoms with Crippen LogP contribution in [0.1, 0.15) is 12.0 Å². The first-order valence-corrected chi connectivity index (χ1v) is 13.2. The van der Waals surface area contributed by atoms with E-state index < -0.39 is 5.92 Å². The van der Waals surface area contributed by atoms with Gasteiger partial charge in [-0.2, -0.15) is 5.10 Å². The van der Waals surface area contributed by atoms with Gasteiger partial charge in [-0.25, -0.2) is 18.7 Å². The first-order chi connectivity index (χ1) is 18.9. The van der Waals surface area contributed by atoms with Crippen LogP contribution >= 0.6 is 0 Å². The standard InChI is InChI=1S/C28H29F2N9/c1-37-6-8-39(9-7-37)27-21-12-24(34-23(21)2-4-32-27)25-22-11-20(15-33-26(22)36-35-25)19-10-18(13-31-14-19)16-38-5-3-28(29,30)17-38/h2,4,10-15,34H,3,5-9,16-17H2,1H3,(H,33,35,36). The lowest BCUT2D eigenvalue weighted by molar-refractivity contribution is 0.0115. The van der Waals surface area contributed by atoms with Crippen molar-refractivity contribution in [2.45, 2.75) is 18.9 Å². The normalized spacial score (nSPS) is 18.5. The number of rotatable bonds is 5. The molecule has 2 aliphatic heterocycles. The number of halogens is 2. The molecule has 7 rings (SSSR count). The fourth-order valence-electron chi connectivity index (χ4n) is 5.64. The van der Waals surface area contributed by atoms with E-state index in [4.69, 9.17) is 4.98 Å². The molecular weight excluding hydrogens is 500 g/mol. The molecule has 7 heterocycles. The molecule has 0 spiro atoms. The van der Waals surface area contributed by atoms with Gasteiger partial charge in [0.05, 0.1) is 17.8 Å². The summed E-state index contributed by atoms with van der Waals surface area (Å²) in [5, 5.41) is 9.61. The number of alkyl halides is 2. The Kier molecular flexibility index (Phi) is 5.78. The maximum atomic E-state index is 13.7. The van der Waals surface area contributed by atoms with Crippen LogP contribution in [0.2, 0.25) is 0 Å². The van der Waals surface area contributed by atoms with E-state index in [-0.39, 0.29) is 13.0 Å². The van der Waals surface area contributed by atoms with E-state index in [1.807, 2.05) is 18.3 Å². The minimum absolute atomic E-state index is 0.0926. The molecule has 11 heteroatoms. The summed E-state index contributed by atoms with van der Waals surface area (Å²) in [6.07, 6.45) is 7.06. The molecule has 0 saturated carbocycles. The summed E-state index contributed by atoms with van der Waals surface area (Å²) in [5.74, 6) is -1.62. The first-order valence-electron chi connectivity index (χ1n) is 13.2. The predicted molar refractivity (Wildman–Crippen MR) is 147 cm³/mol. The number of aromatic nitrogens is 6. The number of nitrogens with one attached hydrogen (secondary N) is 2. The van der Waals surface area contributed by atoms with Gasteiger partial charge in [-0.3, -0.25) is 15.0 Å². The number of likely N-dealkylation sites (N-methyl/N-ethyl adjacent to an activating group) is 1. The average Bonchev–Trinajstić information content (AvgIpc) is 3.64. The first kappa shape index (κ1) is 24.1. The van der Waals surface area contributed by atoms with Crippen LogP contribution in [0.3, 0.4) is 0 Å². The number of aromatic amines is 2. The molecule has 2 aliphatic rings. The van der Waals surface area contributed by atoms with Gasteiger partial charge in [0, 0.05) is 92.4 Å². The van der Waals surface area contributed by atoms with Crippen LogP contribution in [0.4, 0.5) is 14.6 Å². The van der Waals surface area contributed by atoms with Gasteiger partial charge in [0.1, 0.15) is 11.5 Å². The van der Waals surface area contributed by atoms with Crippen LogP contribution in [0.15, 0.2) is 49.1 Å². The summed E-state index contributed by atoms with van der Waals surface area (Å²) in [6, 6.07) is 8.16. The molecule has 2 saturated heterocycles. The zero-order valence-electron chi connectivity index (χ0n) is 21.7. The summed E-state index contributed by atoms with van der Waals surface area (Å²) in [7, 11) is 2.14. The molecule has 39 heavy (non-hydrogen) atoms. The van der Waals surface area contributed by atoms with E-state index in [0.717, 1.165) is 76.4 Å². The number of nitrogens with zero attached hydrogens (tertiary/aromatic N) is 7. The van der Waals surface area contributed by atoms with Crippen molar-refractivity contribution in [3.63, 3.8) is 0 Å². The van der Waals surface area contributed by atoms with Crippen molar-refractivity contribution < 1.29 is 8.78 Å². The van der Waals surface area contributed by atoms with Crippen molar-refractivity contribution in [3.8, 4) is 22.5 Å². The monoisotopic (exact) mass is 529 g/mol. The lowest BCUT2D eigenvalue weighted by Gasteiger charge is -2.33. The molecule has 0 bridgehead atoms. The Morgan fingerprint density at radius 2 is 1.79 bits per heavy atom. The number of H-pyrrole nitrogens is 2. The molecule has 0 aromatic carbocycles. The maximum Gasteiger partial charge on any atom is 0.261 e. The lowest BCUT2D eigenvalue weighted by Crippen LogP contribution is -2.44. The van der Waals surface area contributed by atoms with E-state index in [2.05, 4.69) is 54.1 Å². The van der Waals surface area contributed by atoms with Crippen LogP contribution in [-0.2, 0) is 6.54 Å². The molecule has 0 unspecified atom stereocenters. The molecule has 5 aromatic rings. The topological polar surface area (TPSA) is 92.9 Å². The predicted octanol–water partition coefficient (Wildman–Crippen LogP) is 4.16. The molecular formula is C28H29F2N9. The Bertz CT molecular complexity index is 1650. The fourth-order valence-corrected chi connectivity index (χ4v) is 5.64. The molecule has 0 amide bonds. The highest BCUT2D eigenvalue weighted by atomic mass is 19.3. The number of hydrogen-bond acceptors (Lipinski definition) is 7. The van der Waals surface area contributed by atoms with E-state index in [1.54, 1.807) is 23.5 Å². The second-order valence-corrected chi connectivity index (χ2v) is 10.7. The zero-order chi connectivity index (χ0) is 26.6. The third kappa shape index (κ3) is 4.61. The largest absolute Gasteiger partial charge is 0.353 e. The highest BCUT2D eigenvalue weighted by molar-refractivity contribution is 5.99. The summed E-state index contributed by atoms with van der Waals surface area (Å²) in [4.78, 5) is 23.7. The van der Waals surface area contributed by atoms with Gasteiger partial charge >= 0.3 is 0 Å². The van der Waals surface area contributed by atoms with Gasteiger partial charge in [-0.1, -0.05) is 0 Å². The Morgan fingerprint density at radius 3 is 2.62 bits per heavy atom. The highest BCUT2D eigenvalue weighted by Gasteiger charge is 2.37.